The molecular formula is C16H17F2NO3S3. The van der Waals surface area contributed by atoms with Gasteiger partial charge in [0.25, 0.3) is 11.7 Å². The highest BCUT2D eigenvalue weighted by Crippen LogP contribution is 2.31. The number of alkyl halides is 2. The lowest BCUT2D eigenvalue weighted by molar-refractivity contribution is 0.0955. The molecule has 2 aromatic rings. The van der Waals surface area contributed by atoms with E-state index >= 15 is 0 Å². The zero-order valence-electron chi connectivity index (χ0n) is 13.2. The number of thiophene rings is 1. The molecule has 0 aliphatic rings. The van der Waals surface area contributed by atoms with Crippen LogP contribution in [0.1, 0.15) is 21.7 Å². The number of halogens is 2. The van der Waals surface area contributed by atoms with Gasteiger partial charge >= 0.3 is 0 Å². The fourth-order valence-corrected chi connectivity index (χ4v) is 5.17. The second kappa shape index (κ2) is 9.30. The van der Waals surface area contributed by atoms with E-state index < -0.39 is 21.5 Å². The summed E-state index contributed by atoms with van der Waals surface area (Å²) in [5, 5.41) is 4.16. The van der Waals surface area contributed by atoms with Gasteiger partial charge in [0.2, 0.25) is 0 Å². The predicted molar refractivity (Wildman–Crippen MR) is 97.1 cm³/mol. The molecule has 25 heavy (non-hydrogen) atoms. The first-order valence-electron chi connectivity index (χ1n) is 7.42. The highest BCUT2D eigenvalue weighted by atomic mass is 32.2. The molecule has 1 amide bonds. The van der Waals surface area contributed by atoms with E-state index in [9.17, 15) is 22.0 Å². The summed E-state index contributed by atoms with van der Waals surface area (Å²) in [5.74, 6) is -3.14. The Morgan fingerprint density at radius 3 is 2.60 bits per heavy atom. The first kappa shape index (κ1) is 19.9. The summed E-state index contributed by atoms with van der Waals surface area (Å²) in [4.78, 5) is 12.5. The lowest BCUT2D eigenvalue weighted by Crippen LogP contribution is -2.26. The maximum absolute atomic E-state index is 12.4. The number of hydrogen-bond acceptors (Lipinski definition) is 5. The Hall–Kier alpha value is -1.45. The molecule has 4 nitrogen and oxygen atoms in total. The Balaban J connectivity index is 1.79. The molecule has 0 saturated carbocycles. The van der Waals surface area contributed by atoms with Crippen LogP contribution in [-0.2, 0) is 15.6 Å². The third-order valence-corrected chi connectivity index (χ3v) is 6.70. The molecule has 1 N–H and O–H groups in total. The fraction of sp³-hybridized carbons (Fsp3) is 0.312. The van der Waals surface area contributed by atoms with Gasteiger partial charge < -0.3 is 5.32 Å². The predicted octanol–water partition coefficient (Wildman–Crippen LogP) is 3.80. The van der Waals surface area contributed by atoms with Gasteiger partial charge in [-0.15, -0.1) is 11.3 Å². The number of rotatable bonds is 9. The molecule has 0 atom stereocenters. The van der Waals surface area contributed by atoms with Crippen molar-refractivity contribution >= 4 is 38.8 Å². The van der Waals surface area contributed by atoms with Crippen LogP contribution in [0.5, 0.6) is 0 Å². The van der Waals surface area contributed by atoms with Gasteiger partial charge in [-0.3, -0.25) is 4.79 Å². The molecule has 9 heteroatoms. The molecule has 0 spiro atoms. The third kappa shape index (κ3) is 6.75. The third-order valence-electron chi connectivity index (χ3n) is 3.20. The standard InChI is InChI=1S/C16H17F2NO3S3/c17-16(18)24-13-7-9-23-14(13)15(20)19-8-4-10-25(21,22)11-12-5-2-1-3-6-12/h1-3,5-7,9,16H,4,8,10-11H2,(H,19,20). The van der Waals surface area contributed by atoms with Gasteiger partial charge in [-0.2, -0.15) is 8.78 Å². The Bertz CT molecular complexity index is 792. The van der Waals surface area contributed by atoms with Crippen LogP contribution in [0.4, 0.5) is 8.78 Å². The van der Waals surface area contributed by atoms with Gasteiger partial charge in [-0.25, -0.2) is 8.42 Å². The van der Waals surface area contributed by atoms with Gasteiger partial charge in [-0.1, -0.05) is 42.1 Å². The topological polar surface area (TPSA) is 63.2 Å². The number of amides is 1. The van der Waals surface area contributed by atoms with Crippen LogP contribution < -0.4 is 5.32 Å². The van der Waals surface area contributed by atoms with Crippen molar-refractivity contribution in [3.63, 3.8) is 0 Å². The molecule has 0 aliphatic heterocycles. The minimum absolute atomic E-state index is 0.0398. The SMILES string of the molecule is O=C(NCCCS(=O)(=O)Cc1ccccc1)c1sccc1SC(F)F. The fourth-order valence-electron chi connectivity index (χ4n) is 2.13. The summed E-state index contributed by atoms with van der Waals surface area (Å²) >= 11 is 1.41. The van der Waals surface area contributed by atoms with Crippen LogP contribution in [0.15, 0.2) is 46.7 Å². The van der Waals surface area contributed by atoms with Crippen molar-refractivity contribution in [3.8, 4) is 0 Å². The van der Waals surface area contributed by atoms with E-state index in [0.717, 1.165) is 16.9 Å². The summed E-state index contributed by atoms with van der Waals surface area (Å²) in [7, 11) is -3.26. The van der Waals surface area contributed by atoms with Gasteiger partial charge in [0.05, 0.1) is 11.5 Å². The molecule has 0 radical (unpaired) electrons. The number of carbonyl (C=O) groups is 1. The first-order chi connectivity index (χ1) is 11.9. The Labute approximate surface area is 153 Å². The van der Waals surface area contributed by atoms with Crippen LogP contribution in [0, 0.1) is 0 Å². The van der Waals surface area contributed by atoms with E-state index in [0.29, 0.717) is 11.8 Å². The van der Waals surface area contributed by atoms with E-state index in [1.54, 1.807) is 29.6 Å². The molecule has 0 unspecified atom stereocenters. The number of thioether (sulfide) groups is 1. The second-order valence-electron chi connectivity index (χ2n) is 5.18. The minimum Gasteiger partial charge on any atom is -0.351 e. The van der Waals surface area contributed by atoms with E-state index in [-0.39, 0.29) is 34.2 Å². The van der Waals surface area contributed by atoms with Crippen molar-refractivity contribution < 1.29 is 22.0 Å². The number of benzene rings is 1. The molecule has 0 fully saturated rings. The molecular weight excluding hydrogens is 388 g/mol. The van der Waals surface area contributed by atoms with Crippen LogP contribution in [0.2, 0.25) is 0 Å². The number of sulfone groups is 1. The number of carbonyl (C=O) groups excluding carboxylic acids is 1. The molecule has 1 aromatic carbocycles. The van der Waals surface area contributed by atoms with Crippen LogP contribution in [0.3, 0.4) is 0 Å². The van der Waals surface area contributed by atoms with Gasteiger partial charge in [-0.05, 0) is 23.4 Å². The molecule has 0 bridgehead atoms. The van der Waals surface area contributed by atoms with Crippen molar-refractivity contribution in [1.29, 1.82) is 0 Å². The molecule has 2 rings (SSSR count). The molecule has 1 heterocycles. The Morgan fingerprint density at radius 1 is 1.20 bits per heavy atom. The maximum Gasteiger partial charge on any atom is 0.288 e. The van der Waals surface area contributed by atoms with E-state index in [2.05, 4.69) is 5.32 Å². The van der Waals surface area contributed by atoms with Gasteiger partial charge in [0.1, 0.15) is 4.88 Å². The summed E-state index contributed by atoms with van der Waals surface area (Å²) in [6, 6.07) is 10.3. The largest absolute Gasteiger partial charge is 0.351 e. The second-order valence-corrected chi connectivity index (χ2v) is 9.31. The average molecular weight is 406 g/mol. The number of hydrogen-bond donors (Lipinski definition) is 1. The van der Waals surface area contributed by atoms with E-state index in [1.807, 2.05) is 6.07 Å². The Kier molecular flexibility index (Phi) is 7.39. The monoisotopic (exact) mass is 405 g/mol. The smallest absolute Gasteiger partial charge is 0.288 e. The summed E-state index contributed by atoms with van der Waals surface area (Å²) in [5.41, 5.74) is 0.721. The van der Waals surface area contributed by atoms with Gasteiger partial charge in [0, 0.05) is 11.4 Å². The zero-order valence-corrected chi connectivity index (χ0v) is 15.6. The zero-order chi connectivity index (χ0) is 18.3. The van der Waals surface area contributed by atoms with Crippen molar-refractivity contribution in [1.82, 2.24) is 5.32 Å². The molecule has 0 saturated heterocycles. The van der Waals surface area contributed by atoms with Crippen molar-refractivity contribution in [3.05, 3.63) is 52.2 Å². The summed E-state index contributed by atoms with van der Waals surface area (Å²) < 4.78 is 49.0. The Morgan fingerprint density at radius 2 is 1.92 bits per heavy atom. The minimum atomic E-state index is -3.26. The quantitative estimate of drug-likeness (QED) is 0.509. The molecule has 136 valence electrons. The number of nitrogens with one attached hydrogen (secondary N) is 1. The lowest BCUT2D eigenvalue weighted by atomic mass is 10.2. The van der Waals surface area contributed by atoms with E-state index in [4.69, 9.17) is 0 Å². The first-order valence-corrected chi connectivity index (χ1v) is 11.0. The highest BCUT2D eigenvalue weighted by molar-refractivity contribution is 7.99. The van der Waals surface area contributed by atoms with Crippen LogP contribution in [-0.4, -0.2) is 32.4 Å². The summed E-state index contributed by atoms with van der Waals surface area (Å²) in [6.45, 7) is 0.170. The normalized spacial score (nSPS) is 11.6. The van der Waals surface area contributed by atoms with Gasteiger partial charge in [0.15, 0.2) is 9.84 Å². The van der Waals surface area contributed by atoms with Crippen molar-refractivity contribution in [2.45, 2.75) is 22.8 Å². The molecule has 1 aromatic heterocycles. The molecule has 0 aliphatic carbocycles. The van der Waals surface area contributed by atoms with Crippen LogP contribution in [0.25, 0.3) is 0 Å². The van der Waals surface area contributed by atoms with E-state index in [1.165, 1.54) is 6.07 Å². The van der Waals surface area contributed by atoms with Crippen LogP contribution >= 0.6 is 23.1 Å². The maximum atomic E-state index is 12.4. The van der Waals surface area contributed by atoms with Crippen molar-refractivity contribution in [2.75, 3.05) is 12.3 Å². The summed E-state index contributed by atoms with van der Waals surface area (Å²) in [6.07, 6.45) is 0.267. The van der Waals surface area contributed by atoms with Crippen molar-refractivity contribution in [2.24, 2.45) is 0 Å². The average Bonchev–Trinajstić information content (AvgIpc) is 2.99. The highest BCUT2D eigenvalue weighted by Gasteiger charge is 2.17. The lowest BCUT2D eigenvalue weighted by Gasteiger charge is -2.07.